The van der Waals surface area contributed by atoms with E-state index >= 15 is 0 Å². The van der Waals surface area contributed by atoms with Gasteiger partial charge in [-0.2, -0.15) is 0 Å². The number of nitrogens with two attached hydrogens (primary N) is 1. The maximum absolute atomic E-state index is 12.1. The zero-order valence-electron chi connectivity index (χ0n) is 11.9. The minimum Gasteiger partial charge on any atom is -0.481 e. The molecule has 0 atom stereocenters. The van der Waals surface area contributed by atoms with Crippen molar-refractivity contribution < 1.29 is 14.7 Å². The molecule has 1 aliphatic rings. The fourth-order valence-electron chi connectivity index (χ4n) is 2.55. The van der Waals surface area contributed by atoms with Gasteiger partial charge in [-0.05, 0) is 25.2 Å². The van der Waals surface area contributed by atoms with Gasteiger partial charge in [0, 0.05) is 26.1 Å². The van der Waals surface area contributed by atoms with Gasteiger partial charge in [-0.3, -0.25) is 9.59 Å². The molecule has 8 nitrogen and oxygen atoms in total. The molecule has 2 rings (SSSR count). The van der Waals surface area contributed by atoms with Crippen molar-refractivity contribution in [1.29, 1.82) is 0 Å². The molecule has 1 saturated heterocycles. The maximum atomic E-state index is 12.1. The Hall–Kier alpha value is -1.96. The van der Waals surface area contributed by atoms with Gasteiger partial charge >= 0.3 is 5.97 Å². The first-order valence-corrected chi connectivity index (χ1v) is 7.17. The summed E-state index contributed by atoms with van der Waals surface area (Å²) < 4.78 is 1.50. The summed E-state index contributed by atoms with van der Waals surface area (Å²) in [6.45, 7) is 1.85. The monoisotopic (exact) mass is 295 g/mol. The molecule has 0 bridgehead atoms. The average Bonchev–Trinajstić information content (AvgIpc) is 2.93. The van der Waals surface area contributed by atoms with Crippen molar-refractivity contribution in [3.8, 4) is 0 Å². The summed E-state index contributed by atoms with van der Waals surface area (Å²) in [6, 6.07) is 0. The van der Waals surface area contributed by atoms with Crippen LogP contribution < -0.4 is 5.73 Å². The summed E-state index contributed by atoms with van der Waals surface area (Å²) in [6.07, 6.45) is 4.31. The van der Waals surface area contributed by atoms with E-state index in [9.17, 15) is 9.59 Å². The highest BCUT2D eigenvalue weighted by Crippen LogP contribution is 2.22. The number of carboxylic acids is 1. The van der Waals surface area contributed by atoms with E-state index in [1.165, 1.54) is 4.68 Å². The lowest BCUT2D eigenvalue weighted by molar-refractivity contribution is -0.138. The number of rotatable bonds is 6. The van der Waals surface area contributed by atoms with Gasteiger partial charge in [0.25, 0.3) is 0 Å². The standard InChI is InChI=1S/C13H21N5O3/c14-7-11-8-18(16-15-11)9-12(19)17-5-3-10(4-6-17)1-2-13(20)21/h8,10H,1-7,9,14H2,(H,20,21). The largest absolute Gasteiger partial charge is 0.481 e. The van der Waals surface area contributed by atoms with Crippen molar-refractivity contribution in [2.24, 2.45) is 11.7 Å². The molecule has 21 heavy (non-hydrogen) atoms. The molecule has 0 radical (unpaired) electrons. The quantitative estimate of drug-likeness (QED) is 0.753. The zero-order valence-corrected chi connectivity index (χ0v) is 11.9. The second-order valence-corrected chi connectivity index (χ2v) is 5.37. The summed E-state index contributed by atoms with van der Waals surface area (Å²) in [7, 11) is 0. The number of carbonyl (C=O) groups excluding carboxylic acids is 1. The van der Waals surface area contributed by atoms with Crippen LogP contribution in [0.15, 0.2) is 6.20 Å². The van der Waals surface area contributed by atoms with Crippen LogP contribution in [-0.2, 0) is 22.7 Å². The smallest absolute Gasteiger partial charge is 0.303 e. The van der Waals surface area contributed by atoms with Crippen molar-refractivity contribution in [3.05, 3.63) is 11.9 Å². The Morgan fingerprint density at radius 3 is 2.67 bits per heavy atom. The van der Waals surface area contributed by atoms with E-state index < -0.39 is 5.97 Å². The highest BCUT2D eigenvalue weighted by Gasteiger charge is 2.23. The van der Waals surface area contributed by atoms with Crippen LogP contribution in [0.2, 0.25) is 0 Å². The lowest BCUT2D eigenvalue weighted by Gasteiger charge is -2.31. The first-order chi connectivity index (χ1) is 10.1. The number of carbonyl (C=O) groups is 2. The molecule has 1 amide bonds. The minimum atomic E-state index is -0.754. The summed E-state index contributed by atoms with van der Waals surface area (Å²) in [5.74, 6) is -0.337. The van der Waals surface area contributed by atoms with Crippen molar-refractivity contribution in [3.63, 3.8) is 0 Å². The van der Waals surface area contributed by atoms with E-state index in [-0.39, 0.29) is 18.9 Å². The van der Waals surface area contributed by atoms with Gasteiger partial charge in [0.15, 0.2) is 0 Å². The van der Waals surface area contributed by atoms with Gasteiger partial charge in [0.2, 0.25) is 5.91 Å². The molecule has 1 aromatic rings. The normalized spacial score (nSPS) is 16.1. The van der Waals surface area contributed by atoms with Gasteiger partial charge in [-0.15, -0.1) is 5.10 Å². The van der Waals surface area contributed by atoms with Crippen molar-refractivity contribution in [2.75, 3.05) is 13.1 Å². The second-order valence-electron chi connectivity index (χ2n) is 5.37. The predicted molar refractivity (Wildman–Crippen MR) is 74.1 cm³/mol. The number of carboxylic acid groups (broad SMARTS) is 1. The Bertz CT molecular complexity index is 494. The fourth-order valence-corrected chi connectivity index (χ4v) is 2.55. The lowest BCUT2D eigenvalue weighted by atomic mass is 9.92. The van der Waals surface area contributed by atoms with Gasteiger partial charge in [-0.1, -0.05) is 5.21 Å². The number of aromatic nitrogens is 3. The van der Waals surface area contributed by atoms with Crippen molar-refractivity contribution in [1.82, 2.24) is 19.9 Å². The van der Waals surface area contributed by atoms with Crippen LogP contribution in [0.25, 0.3) is 0 Å². The number of aliphatic carboxylic acids is 1. The van der Waals surface area contributed by atoms with E-state index in [0.717, 1.165) is 12.8 Å². The van der Waals surface area contributed by atoms with Crippen molar-refractivity contribution in [2.45, 2.75) is 38.8 Å². The topological polar surface area (TPSA) is 114 Å². The molecule has 0 saturated carbocycles. The summed E-state index contributed by atoms with van der Waals surface area (Å²) in [4.78, 5) is 24.5. The molecule has 116 valence electrons. The summed E-state index contributed by atoms with van der Waals surface area (Å²) >= 11 is 0. The first kappa shape index (κ1) is 15.4. The van der Waals surface area contributed by atoms with Crippen LogP contribution in [-0.4, -0.2) is 50.0 Å². The molecule has 0 spiro atoms. The number of piperidine rings is 1. The number of hydrogen-bond donors (Lipinski definition) is 2. The molecule has 0 unspecified atom stereocenters. The number of amides is 1. The summed E-state index contributed by atoms with van der Waals surface area (Å²) in [5.41, 5.74) is 6.11. The molecule has 1 aliphatic heterocycles. The third-order valence-electron chi connectivity index (χ3n) is 3.83. The predicted octanol–water partition coefficient (Wildman–Crippen LogP) is -0.160. The average molecular weight is 295 g/mol. The lowest BCUT2D eigenvalue weighted by Crippen LogP contribution is -2.40. The minimum absolute atomic E-state index is 0.0140. The highest BCUT2D eigenvalue weighted by molar-refractivity contribution is 5.76. The van der Waals surface area contributed by atoms with Gasteiger partial charge < -0.3 is 15.7 Å². The number of nitrogens with zero attached hydrogens (tertiary/aromatic N) is 4. The third-order valence-corrected chi connectivity index (χ3v) is 3.83. The molecular formula is C13H21N5O3. The maximum Gasteiger partial charge on any atom is 0.303 e. The first-order valence-electron chi connectivity index (χ1n) is 7.17. The Kier molecular flexibility index (Phi) is 5.26. The molecular weight excluding hydrogens is 274 g/mol. The summed E-state index contributed by atoms with van der Waals surface area (Å²) in [5, 5.41) is 16.4. The van der Waals surface area contributed by atoms with E-state index in [1.807, 2.05) is 0 Å². The molecule has 8 heteroatoms. The van der Waals surface area contributed by atoms with E-state index in [0.29, 0.717) is 37.7 Å². The van der Waals surface area contributed by atoms with Gasteiger partial charge in [-0.25, -0.2) is 4.68 Å². The second kappa shape index (κ2) is 7.16. The number of likely N-dealkylation sites (tertiary alicyclic amines) is 1. The molecule has 3 N–H and O–H groups in total. The Morgan fingerprint density at radius 1 is 1.38 bits per heavy atom. The zero-order chi connectivity index (χ0) is 15.2. The van der Waals surface area contributed by atoms with Crippen LogP contribution >= 0.6 is 0 Å². The van der Waals surface area contributed by atoms with Crippen LogP contribution in [0.1, 0.15) is 31.4 Å². The van der Waals surface area contributed by atoms with Gasteiger partial charge in [0.1, 0.15) is 6.54 Å². The van der Waals surface area contributed by atoms with Crippen LogP contribution in [0.3, 0.4) is 0 Å². The van der Waals surface area contributed by atoms with E-state index in [1.54, 1.807) is 11.1 Å². The molecule has 0 aromatic carbocycles. The Labute approximate surface area is 122 Å². The number of hydrogen-bond acceptors (Lipinski definition) is 5. The Morgan fingerprint density at radius 2 is 2.10 bits per heavy atom. The van der Waals surface area contributed by atoms with Crippen LogP contribution in [0.4, 0.5) is 0 Å². The van der Waals surface area contributed by atoms with E-state index in [2.05, 4.69) is 10.3 Å². The highest BCUT2D eigenvalue weighted by atomic mass is 16.4. The van der Waals surface area contributed by atoms with Crippen molar-refractivity contribution >= 4 is 11.9 Å². The molecule has 2 heterocycles. The SMILES string of the molecule is NCc1cn(CC(=O)N2CCC(CCC(=O)O)CC2)nn1. The molecule has 0 aliphatic carbocycles. The Balaban J connectivity index is 1.76. The molecule has 1 fully saturated rings. The van der Waals surface area contributed by atoms with E-state index in [4.69, 9.17) is 10.8 Å². The van der Waals surface area contributed by atoms with Crippen LogP contribution in [0.5, 0.6) is 0 Å². The van der Waals surface area contributed by atoms with Crippen LogP contribution in [0, 0.1) is 5.92 Å². The van der Waals surface area contributed by atoms with Gasteiger partial charge in [0.05, 0.1) is 11.9 Å². The molecule has 1 aromatic heterocycles. The third kappa shape index (κ3) is 4.52. The fraction of sp³-hybridized carbons (Fsp3) is 0.692.